The molecule has 2 aliphatic rings. The minimum absolute atomic E-state index is 0.0739. The van der Waals surface area contributed by atoms with Gasteiger partial charge in [-0.05, 0) is 73.4 Å². The van der Waals surface area contributed by atoms with Gasteiger partial charge in [0.05, 0.1) is 31.4 Å². The lowest BCUT2D eigenvalue weighted by Crippen LogP contribution is -2.38. The summed E-state index contributed by atoms with van der Waals surface area (Å²) in [6.07, 6.45) is 1.57. The molecule has 2 saturated heterocycles. The van der Waals surface area contributed by atoms with Crippen molar-refractivity contribution in [2.75, 3.05) is 46.0 Å². The Morgan fingerprint density at radius 3 is 2.45 bits per heavy atom. The number of carbonyl (C=O) groups excluding carboxylic acids is 2. The molecule has 2 aliphatic heterocycles. The second-order valence-electron chi connectivity index (χ2n) is 10.6. The Morgan fingerprint density at radius 1 is 0.952 bits per heavy atom. The van der Waals surface area contributed by atoms with E-state index < -0.39 is 17.7 Å². The molecular weight excluding hydrogens is 532 g/mol. The van der Waals surface area contributed by atoms with Crippen LogP contribution in [0.25, 0.3) is 5.76 Å². The lowest BCUT2D eigenvalue weighted by molar-refractivity contribution is -0.140. The topological polar surface area (TPSA) is 88.5 Å². The highest BCUT2D eigenvalue weighted by Crippen LogP contribution is 2.41. The first-order valence-corrected chi connectivity index (χ1v) is 14.6. The summed E-state index contributed by atoms with van der Waals surface area (Å²) >= 11 is 0. The van der Waals surface area contributed by atoms with E-state index in [1.165, 1.54) is 0 Å². The molecule has 1 atom stereocenters. The van der Waals surface area contributed by atoms with Crippen molar-refractivity contribution >= 4 is 17.4 Å². The average molecular weight is 571 g/mol. The van der Waals surface area contributed by atoms with E-state index in [-0.39, 0.29) is 11.3 Å². The molecule has 8 heteroatoms. The smallest absolute Gasteiger partial charge is 0.295 e. The van der Waals surface area contributed by atoms with Gasteiger partial charge >= 0.3 is 0 Å². The van der Waals surface area contributed by atoms with Crippen molar-refractivity contribution < 1.29 is 28.9 Å². The summed E-state index contributed by atoms with van der Waals surface area (Å²) < 4.78 is 17.3. The van der Waals surface area contributed by atoms with E-state index >= 15 is 0 Å². The number of nitrogens with zero attached hydrogens (tertiary/aromatic N) is 2. The zero-order valence-electron chi connectivity index (χ0n) is 24.3. The maximum Gasteiger partial charge on any atom is 0.295 e. The summed E-state index contributed by atoms with van der Waals surface area (Å²) in [5, 5.41) is 11.6. The average Bonchev–Trinajstić information content (AvgIpc) is 3.26. The molecule has 5 rings (SSSR count). The zero-order chi connectivity index (χ0) is 29.5. The van der Waals surface area contributed by atoms with Crippen LogP contribution >= 0.6 is 0 Å². The number of aryl methyl sites for hydroxylation is 1. The van der Waals surface area contributed by atoms with E-state index in [0.29, 0.717) is 55.4 Å². The maximum absolute atomic E-state index is 13.6. The van der Waals surface area contributed by atoms with Crippen LogP contribution in [0.2, 0.25) is 0 Å². The number of carbonyl (C=O) groups is 2. The summed E-state index contributed by atoms with van der Waals surface area (Å²) in [6, 6.07) is 21.3. The summed E-state index contributed by atoms with van der Waals surface area (Å²) in [7, 11) is 0. The quantitative estimate of drug-likeness (QED) is 0.179. The first-order valence-electron chi connectivity index (χ1n) is 14.6. The van der Waals surface area contributed by atoms with E-state index in [9.17, 15) is 14.7 Å². The fraction of sp³-hybridized carbons (Fsp3) is 0.353. The van der Waals surface area contributed by atoms with Gasteiger partial charge in [0.1, 0.15) is 23.0 Å². The monoisotopic (exact) mass is 570 g/mol. The highest BCUT2D eigenvalue weighted by Gasteiger charge is 2.46. The number of Topliss-reactive ketones (excluding diaryl/α,β-unsaturated/α-hetero) is 1. The molecule has 2 heterocycles. The first-order chi connectivity index (χ1) is 20.5. The van der Waals surface area contributed by atoms with Crippen molar-refractivity contribution in [2.24, 2.45) is 0 Å². The van der Waals surface area contributed by atoms with Crippen molar-refractivity contribution in [3.05, 3.63) is 95.1 Å². The van der Waals surface area contributed by atoms with E-state index in [1.807, 2.05) is 68.4 Å². The lowest BCUT2D eigenvalue weighted by atomic mass is 9.94. The third kappa shape index (κ3) is 6.66. The Hall–Kier alpha value is -4.14. The number of morpholine rings is 1. The second kappa shape index (κ2) is 13.7. The van der Waals surface area contributed by atoms with E-state index in [2.05, 4.69) is 4.90 Å². The number of aliphatic hydroxyl groups excluding tert-OH is 1. The molecule has 8 nitrogen and oxygen atoms in total. The van der Waals surface area contributed by atoms with Gasteiger partial charge in [0, 0.05) is 31.7 Å². The Labute approximate surface area is 247 Å². The van der Waals surface area contributed by atoms with Crippen LogP contribution in [-0.2, 0) is 14.3 Å². The number of rotatable bonds is 11. The number of aliphatic hydroxyl groups is 1. The Kier molecular flexibility index (Phi) is 9.56. The van der Waals surface area contributed by atoms with Crippen LogP contribution in [0.1, 0.15) is 42.5 Å². The molecule has 0 unspecified atom stereocenters. The van der Waals surface area contributed by atoms with E-state index in [0.717, 1.165) is 37.4 Å². The molecule has 1 amide bonds. The van der Waals surface area contributed by atoms with Crippen molar-refractivity contribution in [1.82, 2.24) is 9.80 Å². The van der Waals surface area contributed by atoms with Gasteiger partial charge in [-0.2, -0.15) is 0 Å². The molecule has 0 aromatic heterocycles. The molecule has 2 fully saturated rings. The lowest BCUT2D eigenvalue weighted by Gasteiger charge is -2.29. The number of likely N-dealkylation sites (tertiary alicyclic amines) is 1. The number of para-hydroxylation sites is 1. The number of benzene rings is 3. The summed E-state index contributed by atoms with van der Waals surface area (Å²) in [6.45, 7) is 8.76. The molecule has 3 aromatic rings. The van der Waals surface area contributed by atoms with Gasteiger partial charge in [0.2, 0.25) is 0 Å². The molecule has 42 heavy (non-hydrogen) atoms. The third-order valence-corrected chi connectivity index (χ3v) is 7.58. The fourth-order valence-corrected chi connectivity index (χ4v) is 5.45. The molecule has 3 aromatic carbocycles. The van der Waals surface area contributed by atoms with Crippen LogP contribution in [0.4, 0.5) is 0 Å². The van der Waals surface area contributed by atoms with Crippen LogP contribution in [0.5, 0.6) is 17.2 Å². The van der Waals surface area contributed by atoms with Gasteiger partial charge in [0.15, 0.2) is 0 Å². The summed E-state index contributed by atoms with van der Waals surface area (Å²) in [5.41, 5.74) is 2.06. The molecule has 0 bridgehead atoms. The van der Waals surface area contributed by atoms with E-state index in [1.54, 1.807) is 23.1 Å². The van der Waals surface area contributed by atoms with Crippen molar-refractivity contribution in [3.63, 3.8) is 0 Å². The van der Waals surface area contributed by atoms with Gasteiger partial charge in [-0.15, -0.1) is 0 Å². The molecule has 0 saturated carbocycles. The highest BCUT2D eigenvalue weighted by atomic mass is 16.5. The molecule has 0 spiro atoms. The van der Waals surface area contributed by atoms with E-state index in [4.69, 9.17) is 14.2 Å². The number of ketones is 1. The van der Waals surface area contributed by atoms with Gasteiger partial charge < -0.3 is 24.2 Å². The second-order valence-corrected chi connectivity index (χ2v) is 10.6. The van der Waals surface area contributed by atoms with Gasteiger partial charge in [-0.3, -0.25) is 14.5 Å². The minimum atomic E-state index is -0.759. The van der Waals surface area contributed by atoms with Crippen molar-refractivity contribution in [3.8, 4) is 17.2 Å². The van der Waals surface area contributed by atoms with Crippen molar-refractivity contribution in [1.29, 1.82) is 0 Å². The van der Waals surface area contributed by atoms with Crippen LogP contribution in [0, 0.1) is 6.92 Å². The van der Waals surface area contributed by atoms with Gasteiger partial charge in [-0.25, -0.2) is 0 Å². The molecule has 1 N–H and O–H groups in total. The maximum atomic E-state index is 13.6. The predicted molar refractivity (Wildman–Crippen MR) is 161 cm³/mol. The predicted octanol–water partition coefficient (Wildman–Crippen LogP) is 5.72. The number of amides is 1. The van der Waals surface area contributed by atoms with Crippen LogP contribution in [0.3, 0.4) is 0 Å². The Balaban J connectivity index is 1.49. The number of ether oxygens (including phenoxy) is 3. The fourth-order valence-electron chi connectivity index (χ4n) is 5.45. The largest absolute Gasteiger partial charge is 0.507 e. The van der Waals surface area contributed by atoms with Crippen molar-refractivity contribution in [2.45, 2.75) is 32.7 Å². The van der Waals surface area contributed by atoms with Gasteiger partial charge in [-0.1, -0.05) is 37.3 Å². The molecule has 0 aliphatic carbocycles. The Morgan fingerprint density at radius 2 is 1.71 bits per heavy atom. The van der Waals surface area contributed by atoms with Crippen LogP contribution in [0.15, 0.2) is 78.4 Å². The SMILES string of the molecule is CCCOc1ccc(C(O)=C2C(=O)C(=O)N(CCCN3CCOCC3)[C@@H]2c2cccc(Oc3ccccc3)c2)cc1C. The normalized spacial score (nSPS) is 18.8. The minimum Gasteiger partial charge on any atom is -0.507 e. The number of hydrogen-bond donors (Lipinski definition) is 1. The van der Waals surface area contributed by atoms with Crippen LogP contribution < -0.4 is 9.47 Å². The zero-order valence-corrected chi connectivity index (χ0v) is 24.3. The number of hydrogen-bond acceptors (Lipinski definition) is 7. The Bertz CT molecular complexity index is 1430. The molecule has 220 valence electrons. The third-order valence-electron chi connectivity index (χ3n) is 7.58. The molecular formula is C34H38N2O6. The summed E-state index contributed by atoms with van der Waals surface area (Å²) in [5.74, 6) is 0.466. The van der Waals surface area contributed by atoms with Gasteiger partial charge in [0.25, 0.3) is 11.7 Å². The molecule has 0 radical (unpaired) electrons. The highest BCUT2D eigenvalue weighted by molar-refractivity contribution is 6.46. The first kappa shape index (κ1) is 29.4. The summed E-state index contributed by atoms with van der Waals surface area (Å²) in [4.78, 5) is 30.9. The van der Waals surface area contributed by atoms with Crippen LogP contribution in [-0.4, -0.2) is 72.6 Å². The standard InChI is InChI=1S/C34H38N2O6/c1-3-19-41-29-14-13-26(22-24(29)2)32(37)30-31(25-9-7-12-28(23-25)42-27-10-5-4-6-11-27)36(34(39)33(30)38)16-8-15-35-17-20-40-21-18-35/h4-7,9-14,22-23,31,37H,3,8,15-21H2,1-2H3/t31-/m1/s1.